The van der Waals surface area contributed by atoms with Crippen LogP contribution in [0.4, 0.5) is 11.4 Å². The number of benzene rings is 3. The molecule has 0 atom stereocenters. The van der Waals surface area contributed by atoms with E-state index in [2.05, 4.69) is 54.0 Å². The first kappa shape index (κ1) is 20.5. The first-order valence-corrected chi connectivity index (χ1v) is 9.92. The Kier molecular flexibility index (Phi) is 6.90. The highest BCUT2D eigenvalue weighted by molar-refractivity contribution is 5.92. The van der Waals surface area contributed by atoms with Gasteiger partial charge in [-0.15, -0.1) is 0 Å². The average molecular weight is 389 g/mol. The molecule has 3 aromatic rings. The van der Waals surface area contributed by atoms with Crippen molar-refractivity contribution >= 4 is 17.3 Å². The molecule has 0 unspecified atom stereocenters. The zero-order chi connectivity index (χ0) is 20.6. The minimum atomic E-state index is -0.0309. The van der Waals surface area contributed by atoms with Crippen molar-refractivity contribution in [2.24, 2.45) is 5.92 Å². The first-order chi connectivity index (χ1) is 14.0. The molecule has 3 rings (SSSR count). The fraction of sp³-hybridized carbons (Fsp3) is 0.240. The molecule has 0 bridgehead atoms. The molecule has 0 radical (unpaired) electrons. The number of hydrogen-bond acceptors (Lipinski definition) is 3. The predicted molar refractivity (Wildman–Crippen MR) is 119 cm³/mol. The Bertz CT molecular complexity index is 915. The highest BCUT2D eigenvalue weighted by Gasteiger charge is 2.06. The second kappa shape index (κ2) is 9.78. The van der Waals surface area contributed by atoms with E-state index in [0.717, 1.165) is 29.2 Å². The van der Waals surface area contributed by atoms with Crippen molar-refractivity contribution in [2.45, 2.75) is 33.9 Å². The van der Waals surface area contributed by atoms with Gasteiger partial charge in [0.25, 0.3) is 0 Å². The maximum atomic E-state index is 11.7. The normalized spacial score (nSPS) is 10.6. The van der Waals surface area contributed by atoms with Crippen LogP contribution in [-0.4, -0.2) is 5.91 Å². The van der Waals surface area contributed by atoms with Crippen LogP contribution >= 0.6 is 0 Å². The maximum Gasteiger partial charge on any atom is 0.226 e. The lowest BCUT2D eigenvalue weighted by Crippen LogP contribution is -2.17. The zero-order valence-corrected chi connectivity index (χ0v) is 17.2. The van der Waals surface area contributed by atoms with Gasteiger partial charge in [0.1, 0.15) is 12.4 Å². The molecule has 3 aromatic carbocycles. The van der Waals surface area contributed by atoms with Crippen LogP contribution in [-0.2, 0) is 17.9 Å². The van der Waals surface area contributed by atoms with Gasteiger partial charge in [0, 0.05) is 23.8 Å². The van der Waals surface area contributed by atoms with E-state index in [4.69, 9.17) is 4.74 Å². The van der Waals surface area contributed by atoms with Gasteiger partial charge in [-0.2, -0.15) is 0 Å². The lowest BCUT2D eigenvalue weighted by Gasteiger charge is -2.11. The van der Waals surface area contributed by atoms with E-state index in [-0.39, 0.29) is 11.8 Å². The van der Waals surface area contributed by atoms with Crippen molar-refractivity contribution in [1.82, 2.24) is 0 Å². The molecule has 4 heteroatoms. The monoisotopic (exact) mass is 388 g/mol. The van der Waals surface area contributed by atoms with Crippen LogP contribution in [0.15, 0.2) is 72.8 Å². The van der Waals surface area contributed by atoms with Crippen LogP contribution in [0, 0.1) is 12.8 Å². The minimum Gasteiger partial charge on any atom is -0.489 e. The highest BCUT2D eigenvalue weighted by Crippen LogP contribution is 2.18. The Morgan fingerprint density at radius 2 is 1.41 bits per heavy atom. The van der Waals surface area contributed by atoms with Crippen molar-refractivity contribution in [3.05, 3.63) is 89.5 Å². The summed E-state index contributed by atoms with van der Waals surface area (Å²) in [5.74, 6) is 0.853. The zero-order valence-electron chi connectivity index (χ0n) is 17.2. The lowest BCUT2D eigenvalue weighted by molar-refractivity contribution is -0.118. The Hall–Kier alpha value is -3.27. The van der Waals surface area contributed by atoms with Gasteiger partial charge in [0.15, 0.2) is 0 Å². The van der Waals surface area contributed by atoms with Gasteiger partial charge in [-0.3, -0.25) is 4.79 Å². The number of hydrogen-bond donors (Lipinski definition) is 2. The van der Waals surface area contributed by atoms with Gasteiger partial charge in [-0.1, -0.05) is 55.8 Å². The average Bonchev–Trinajstić information content (AvgIpc) is 2.73. The standard InChI is InChI=1S/C25H28N2O2/c1-18(2)25(28)27-23-12-10-22(11-13-23)26-16-20-8-14-24(15-9-20)29-17-21-6-4-19(3)5-7-21/h4-15,18,26H,16-17H2,1-3H3,(H,27,28). The largest absolute Gasteiger partial charge is 0.489 e. The summed E-state index contributed by atoms with van der Waals surface area (Å²) in [6.45, 7) is 7.12. The van der Waals surface area contributed by atoms with Crippen LogP contribution in [0.1, 0.15) is 30.5 Å². The third-order valence-corrected chi connectivity index (χ3v) is 4.62. The van der Waals surface area contributed by atoms with Gasteiger partial charge in [0.05, 0.1) is 0 Å². The molecule has 0 aliphatic rings. The molecule has 0 saturated heterocycles. The summed E-state index contributed by atoms with van der Waals surface area (Å²) in [7, 11) is 0. The van der Waals surface area contributed by atoms with Gasteiger partial charge >= 0.3 is 0 Å². The van der Waals surface area contributed by atoms with Crippen molar-refractivity contribution in [2.75, 3.05) is 10.6 Å². The molecule has 1 amide bonds. The number of anilines is 2. The van der Waals surface area contributed by atoms with E-state index in [1.807, 2.05) is 50.2 Å². The van der Waals surface area contributed by atoms with Gasteiger partial charge in [0.2, 0.25) is 5.91 Å². The van der Waals surface area contributed by atoms with Crippen LogP contribution in [0.25, 0.3) is 0 Å². The second-order valence-electron chi connectivity index (χ2n) is 7.49. The topological polar surface area (TPSA) is 50.4 Å². The summed E-state index contributed by atoms with van der Waals surface area (Å²) in [6.07, 6.45) is 0. The van der Waals surface area contributed by atoms with Crippen LogP contribution in [0.2, 0.25) is 0 Å². The van der Waals surface area contributed by atoms with E-state index in [0.29, 0.717) is 6.61 Å². The minimum absolute atomic E-state index is 0.0235. The fourth-order valence-corrected chi connectivity index (χ4v) is 2.72. The Balaban J connectivity index is 1.47. The quantitative estimate of drug-likeness (QED) is 0.514. The molecule has 0 saturated carbocycles. The van der Waals surface area contributed by atoms with E-state index < -0.39 is 0 Å². The Morgan fingerprint density at radius 1 is 0.828 bits per heavy atom. The third-order valence-electron chi connectivity index (χ3n) is 4.62. The molecule has 0 aliphatic carbocycles. The van der Waals surface area contributed by atoms with E-state index >= 15 is 0 Å². The van der Waals surface area contributed by atoms with Crippen LogP contribution in [0.5, 0.6) is 5.75 Å². The van der Waals surface area contributed by atoms with Crippen LogP contribution in [0.3, 0.4) is 0 Å². The molecule has 2 N–H and O–H groups in total. The maximum absolute atomic E-state index is 11.7. The van der Waals surface area contributed by atoms with Crippen molar-refractivity contribution in [3.8, 4) is 5.75 Å². The van der Waals surface area contributed by atoms with Crippen LogP contribution < -0.4 is 15.4 Å². The van der Waals surface area contributed by atoms with Crippen molar-refractivity contribution in [3.63, 3.8) is 0 Å². The number of rotatable bonds is 8. The summed E-state index contributed by atoms with van der Waals surface area (Å²) in [5.41, 5.74) is 5.40. The number of ether oxygens (including phenoxy) is 1. The number of carbonyl (C=O) groups excluding carboxylic acids is 1. The molecular weight excluding hydrogens is 360 g/mol. The number of aryl methyl sites for hydroxylation is 1. The van der Waals surface area contributed by atoms with Gasteiger partial charge in [-0.05, 0) is 54.4 Å². The molecule has 4 nitrogen and oxygen atoms in total. The van der Waals surface area contributed by atoms with E-state index in [1.54, 1.807) is 0 Å². The smallest absolute Gasteiger partial charge is 0.226 e. The molecule has 0 aromatic heterocycles. The number of amides is 1. The Morgan fingerprint density at radius 3 is 2.03 bits per heavy atom. The number of nitrogens with one attached hydrogen (secondary N) is 2. The SMILES string of the molecule is Cc1ccc(COc2ccc(CNc3ccc(NC(=O)C(C)C)cc3)cc2)cc1. The fourth-order valence-electron chi connectivity index (χ4n) is 2.72. The molecule has 29 heavy (non-hydrogen) atoms. The first-order valence-electron chi connectivity index (χ1n) is 9.92. The second-order valence-corrected chi connectivity index (χ2v) is 7.49. The summed E-state index contributed by atoms with van der Waals surface area (Å²) in [6, 6.07) is 24.2. The van der Waals surface area contributed by atoms with Crippen molar-refractivity contribution < 1.29 is 9.53 Å². The Labute approximate surface area is 172 Å². The molecule has 0 aliphatic heterocycles. The summed E-state index contributed by atoms with van der Waals surface area (Å²) >= 11 is 0. The van der Waals surface area contributed by atoms with E-state index in [9.17, 15) is 4.79 Å². The summed E-state index contributed by atoms with van der Waals surface area (Å²) < 4.78 is 5.86. The highest BCUT2D eigenvalue weighted by atomic mass is 16.5. The van der Waals surface area contributed by atoms with Gasteiger partial charge in [-0.25, -0.2) is 0 Å². The van der Waals surface area contributed by atoms with Gasteiger partial charge < -0.3 is 15.4 Å². The summed E-state index contributed by atoms with van der Waals surface area (Å²) in [5, 5.41) is 6.29. The molecule has 0 spiro atoms. The number of carbonyl (C=O) groups is 1. The molecule has 150 valence electrons. The third kappa shape index (κ3) is 6.39. The molecular formula is C25H28N2O2. The molecule has 0 heterocycles. The van der Waals surface area contributed by atoms with E-state index in [1.165, 1.54) is 11.1 Å². The summed E-state index contributed by atoms with van der Waals surface area (Å²) in [4.78, 5) is 11.7. The lowest BCUT2D eigenvalue weighted by atomic mass is 10.1. The molecule has 0 fully saturated rings. The van der Waals surface area contributed by atoms with Crippen molar-refractivity contribution in [1.29, 1.82) is 0 Å². The predicted octanol–water partition coefficient (Wildman–Crippen LogP) is 5.78.